The largest absolute Gasteiger partial charge is 0.399 e. The summed E-state index contributed by atoms with van der Waals surface area (Å²) in [5, 5.41) is 9.06. The molecule has 0 saturated carbocycles. The summed E-state index contributed by atoms with van der Waals surface area (Å²) in [7, 11) is -3.63. The number of hydrogen-bond acceptors (Lipinski definition) is 4. The predicted molar refractivity (Wildman–Crippen MR) is 74.9 cm³/mol. The highest BCUT2D eigenvalue weighted by Gasteiger charge is 2.25. The third-order valence-corrected chi connectivity index (χ3v) is 4.64. The van der Waals surface area contributed by atoms with Crippen molar-refractivity contribution < 1.29 is 8.42 Å². The van der Waals surface area contributed by atoms with Gasteiger partial charge in [0.25, 0.3) is 0 Å². The van der Waals surface area contributed by atoms with E-state index < -0.39 is 10.0 Å². The van der Waals surface area contributed by atoms with E-state index in [1.54, 1.807) is 0 Å². The second-order valence-electron chi connectivity index (χ2n) is 4.27. The summed E-state index contributed by atoms with van der Waals surface area (Å²) >= 11 is 0. The van der Waals surface area contributed by atoms with E-state index in [0.29, 0.717) is 18.8 Å². The highest BCUT2D eigenvalue weighted by Crippen LogP contribution is 2.22. The van der Waals surface area contributed by atoms with Crippen molar-refractivity contribution in [3.63, 3.8) is 0 Å². The molecule has 0 saturated heterocycles. The van der Waals surface area contributed by atoms with Crippen LogP contribution in [0.4, 0.5) is 5.69 Å². The highest BCUT2D eigenvalue weighted by molar-refractivity contribution is 7.89. The molecule has 2 N–H and O–H groups in total. The van der Waals surface area contributed by atoms with Crippen LogP contribution in [0, 0.1) is 11.3 Å². The molecule has 1 rings (SSSR count). The zero-order valence-corrected chi connectivity index (χ0v) is 12.1. The first-order valence-electron chi connectivity index (χ1n) is 6.27. The molecule has 1 aromatic rings. The monoisotopic (exact) mass is 281 g/mol. The van der Waals surface area contributed by atoms with Gasteiger partial charge in [-0.25, -0.2) is 8.42 Å². The van der Waals surface area contributed by atoms with Crippen molar-refractivity contribution in [2.45, 2.75) is 31.6 Å². The molecule has 0 aromatic heterocycles. The minimum atomic E-state index is -3.63. The van der Waals surface area contributed by atoms with Gasteiger partial charge in [0, 0.05) is 18.8 Å². The predicted octanol–water partition coefficient (Wildman–Crippen LogP) is 1.95. The van der Waals surface area contributed by atoms with Gasteiger partial charge in [-0.05, 0) is 31.0 Å². The number of nitrogens with zero attached hydrogens (tertiary/aromatic N) is 2. The first-order chi connectivity index (χ1) is 8.97. The van der Waals surface area contributed by atoms with Crippen LogP contribution >= 0.6 is 0 Å². The SMILES string of the molecule is CCCN(CCC)S(=O)(=O)c1ccc(N)cc1C#N. The lowest BCUT2D eigenvalue weighted by Crippen LogP contribution is -2.33. The van der Waals surface area contributed by atoms with Gasteiger partial charge in [0.2, 0.25) is 10.0 Å². The van der Waals surface area contributed by atoms with Crippen LogP contribution in [0.5, 0.6) is 0 Å². The van der Waals surface area contributed by atoms with Crippen molar-refractivity contribution in [3.05, 3.63) is 23.8 Å². The van der Waals surface area contributed by atoms with Crippen LogP contribution in [0.2, 0.25) is 0 Å². The number of benzene rings is 1. The zero-order chi connectivity index (χ0) is 14.5. The molecule has 0 spiro atoms. The summed E-state index contributed by atoms with van der Waals surface area (Å²) in [6, 6.07) is 6.20. The summed E-state index contributed by atoms with van der Waals surface area (Å²) < 4.78 is 26.5. The van der Waals surface area contributed by atoms with Crippen molar-refractivity contribution in [1.29, 1.82) is 5.26 Å². The number of nitrogens with two attached hydrogens (primary N) is 1. The highest BCUT2D eigenvalue weighted by atomic mass is 32.2. The maximum atomic E-state index is 12.5. The van der Waals surface area contributed by atoms with E-state index >= 15 is 0 Å². The van der Waals surface area contributed by atoms with Crippen LogP contribution in [-0.2, 0) is 10.0 Å². The van der Waals surface area contributed by atoms with Crippen LogP contribution in [0.25, 0.3) is 0 Å². The molecule has 0 aliphatic carbocycles. The number of rotatable bonds is 6. The molecule has 5 nitrogen and oxygen atoms in total. The number of nitriles is 1. The molecule has 6 heteroatoms. The zero-order valence-electron chi connectivity index (χ0n) is 11.3. The molecule has 0 fully saturated rings. The molecule has 0 radical (unpaired) electrons. The van der Waals surface area contributed by atoms with Crippen LogP contribution in [0.15, 0.2) is 23.1 Å². The van der Waals surface area contributed by atoms with E-state index in [2.05, 4.69) is 0 Å². The lowest BCUT2D eigenvalue weighted by atomic mass is 10.2. The van der Waals surface area contributed by atoms with Gasteiger partial charge in [0.05, 0.1) is 5.56 Å². The molecule has 0 amide bonds. The second-order valence-corrected chi connectivity index (χ2v) is 6.18. The Bertz CT molecular complexity index is 570. The molecule has 0 atom stereocenters. The van der Waals surface area contributed by atoms with Crippen molar-refractivity contribution in [2.24, 2.45) is 0 Å². The summed E-state index contributed by atoms with van der Waals surface area (Å²) in [6.45, 7) is 4.75. The molecule has 0 aliphatic heterocycles. The Labute approximate surface area is 114 Å². The van der Waals surface area contributed by atoms with E-state index in [-0.39, 0.29) is 10.5 Å². The Morgan fingerprint density at radius 3 is 2.32 bits per heavy atom. The Balaban J connectivity index is 3.29. The fourth-order valence-electron chi connectivity index (χ4n) is 1.85. The molecule has 0 heterocycles. The topological polar surface area (TPSA) is 87.2 Å². The molecule has 0 aliphatic rings. The standard InChI is InChI=1S/C13H19N3O2S/c1-3-7-16(8-4-2)19(17,18)13-6-5-12(15)9-11(13)10-14/h5-6,9H,3-4,7-8,15H2,1-2H3. The maximum Gasteiger partial charge on any atom is 0.244 e. The average molecular weight is 281 g/mol. The fourth-order valence-corrected chi connectivity index (χ4v) is 3.60. The molecular weight excluding hydrogens is 262 g/mol. The first kappa shape index (κ1) is 15.5. The lowest BCUT2D eigenvalue weighted by molar-refractivity contribution is 0.410. The van der Waals surface area contributed by atoms with Crippen LogP contribution in [0.3, 0.4) is 0 Å². The minimum absolute atomic E-state index is 0.0334. The van der Waals surface area contributed by atoms with Crippen molar-refractivity contribution in [2.75, 3.05) is 18.8 Å². The van der Waals surface area contributed by atoms with Gasteiger partial charge in [0.15, 0.2) is 0 Å². The smallest absolute Gasteiger partial charge is 0.244 e. The summed E-state index contributed by atoms with van der Waals surface area (Å²) in [5.41, 5.74) is 6.06. The van der Waals surface area contributed by atoms with Crippen LogP contribution < -0.4 is 5.73 Å². The number of hydrogen-bond donors (Lipinski definition) is 1. The molecular formula is C13H19N3O2S. The van der Waals surface area contributed by atoms with Crippen molar-refractivity contribution in [3.8, 4) is 6.07 Å². The van der Waals surface area contributed by atoms with E-state index in [0.717, 1.165) is 12.8 Å². The van der Waals surface area contributed by atoms with E-state index in [4.69, 9.17) is 11.0 Å². The van der Waals surface area contributed by atoms with Crippen LogP contribution in [0.1, 0.15) is 32.3 Å². The molecule has 19 heavy (non-hydrogen) atoms. The van der Waals surface area contributed by atoms with E-state index in [1.165, 1.54) is 22.5 Å². The van der Waals surface area contributed by atoms with Gasteiger partial charge in [-0.15, -0.1) is 0 Å². The molecule has 104 valence electrons. The van der Waals surface area contributed by atoms with Crippen molar-refractivity contribution in [1.82, 2.24) is 4.31 Å². The summed E-state index contributed by atoms with van der Waals surface area (Å²) in [5.74, 6) is 0. The van der Waals surface area contributed by atoms with Crippen molar-refractivity contribution >= 4 is 15.7 Å². The normalized spacial score (nSPS) is 11.5. The molecule has 0 unspecified atom stereocenters. The van der Waals surface area contributed by atoms with Gasteiger partial charge in [-0.1, -0.05) is 13.8 Å². The van der Waals surface area contributed by atoms with Gasteiger partial charge < -0.3 is 5.73 Å². The summed E-state index contributed by atoms with van der Waals surface area (Å²) in [6.07, 6.45) is 1.46. The Kier molecular flexibility index (Phi) is 5.33. The van der Waals surface area contributed by atoms with Crippen LogP contribution in [-0.4, -0.2) is 25.8 Å². The van der Waals surface area contributed by atoms with Gasteiger partial charge in [-0.3, -0.25) is 0 Å². The van der Waals surface area contributed by atoms with E-state index in [1.807, 2.05) is 19.9 Å². The van der Waals surface area contributed by atoms with Gasteiger partial charge in [-0.2, -0.15) is 9.57 Å². The third-order valence-electron chi connectivity index (χ3n) is 2.69. The Hall–Kier alpha value is -1.58. The molecule has 0 bridgehead atoms. The number of anilines is 1. The quantitative estimate of drug-likeness (QED) is 0.807. The maximum absolute atomic E-state index is 12.5. The fraction of sp³-hybridized carbons (Fsp3) is 0.462. The van der Waals surface area contributed by atoms with Gasteiger partial charge >= 0.3 is 0 Å². The minimum Gasteiger partial charge on any atom is -0.399 e. The number of nitrogen functional groups attached to an aromatic ring is 1. The number of sulfonamides is 1. The lowest BCUT2D eigenvalue weighted by Gasteiger charge is -2.21. The third kappa shape index (κ3) is 3.46. The summed E-state index contributed by atoms with van der Waals surface area (Å²) in [4.78, 5) is 0.0334. The molecule has 1 aromatic carbocycles. The van der Waals surface area contributed by atoms with E-state index in [9.17, 15) is 8.42 Å². The first-order valence-corrected chi connectivity index (χ1v) is 7.71. The Morgan fingerprint density at radius 1 is 1.26 bits per heavy atom. The van der Waals surface area contributed by atoms with Gasteiger partial charge in [0.1, 0.15) is 11.0 Å². The Morgan fingerprint density at radius 2 is 1.84 bits per heavy atom. The second kappa shape index (κ2) is 6.55. The average Bonchev–Trinajstić information content (AvgIpc) is 2.38.